The molecule has 2 bridgehead atoms. The number of hydrogen-bond acceptors (Lipinski definition) is 3. The zero-order valence-electron chi connectivity index (χ0n) is 15.1. The minimum absolute atomic E-state index is 0.149. The monoisotopic (exact) mass is 331 g/mol. The second-order valence-corrected chi connectivity index (χ2v) is 8.03. The summed E-state index contributed by atoms with van der Waals surface area (Å²) in [5, 5.41) is 0. The van der Waals surface area contributed by atoms with Gasteiger partial charge in [-0.3, -0.25) is 4.79 Å². The molecule has 1 amide bonds. The molecule has 0 spiro atoms. The van der Waals surface area contributed by atoms with Crippen LogP contribution in [-0.2, 0) is 26.3 Å². The van der Waals surface area contributed by atoms with E-state index in [1.54, 1.807) is 13.8 Å². The van der Waals surface area contributed by atoms with Crippen LogP contribution < -0.4 is 5.73 Å². The van der Waals surface area contributed by atoms with Gasteiger partial charge in [-0.25, -0.2) is 0 Å². The third-order valence-corrected chi connectivity index (χ3v) is 6.37. The van der Waals surface area contributed by atoms with E-state index in [4.69, 9.17) is 15.2 Å². The maximum Gasteiger partial charge on any atom is 0.249 e. The van der Waals surface area contributed by atoms with E-state index in [9.17, 15) is 4.79 Å². The molecule has 0 unspecified atom stereocenters. The highest BCUT2D eigenvalue weighted by Gasteiger charge is 2.49. The normalized spacial score (nSPS) is 29.6. The molecule has 0 atom stereocenters. The minimum Gasteiger partial charge on any atom is -0.378 e. The van der Waals surface area contributed by atoms with Crippen molar-refractivity contribution >= 4 is 5.91 Å². The molecule has 0 heterocycles. The van der Waals surface area contributed by atoms with Crippen molar-refractivity contribution in [3.63, 3.8) is 0 Å². The molecule has 0 aliphatic heterocycles. The summed E-state index contributed by atoms with van der Waals surface area (Å²) in [6.07, 6.45) is 7.14. The molecule has 24 heavy (non-hydrogen) atoms. The largest absolute Gasteiger partial charge is 0.378 e. The number of amides is 1. The number of ether oxygens (including phenoxy) is 2. The van der Waals surface area contributed by atoms with Crippen molar-refractivity contribution in [3.05, 3.63) is 35.4 Å². The standard InChI is InChI=1S/C20H29NO3/c1-18(2,17(21)22)24-14-15-4-6-16(7-5-15)19-8-11-20(23-3,12-9-19)13-10-19/h4-7H,8-14H2,1-3H3,(H2,21,22). The first-order valence-electron chi connectivity index (χ1n) is 8.89. The number of methoxy groups -OCH3 is 1. The predicted molar refractivity (Wildman–Crippen MR) is 93.6 cm³/mol. The zero-order valence-corrected chi connectivity index (χ0v) is 15.1. The molecule has 1 aromatic rings. The molecular weight excluding hydrogens is 302 g/mol. The first-order chi connectivity index (χ1) is 11.3. The van der Waals surface area contributed by atoms with E-state index in [-0.39, 0.29) is 5.60 Å². The Labute approximate surface area is 144 Å². The Bertz CT molecular complexity index is 581. The lowest BCUT2D eigenvalue weighted by Crippen LogP contribution is -2.49. The Kier molecular flexibility index (Phi) is 4.47. The van der Waals surface area contributed by atoms with Crippen molar-refractivity contribution in [1.82, 2.24) is 0 Å². The van der Waals surface area contributed by atoms with Crippen LogP contribution in [0.15, 0.2) is 24.3 Å². The van der Waals surface area contributed by atoms with E-state index < -0.39 is 11.5 Å². The van der Waals surface area contributed by atoms with E-state index in [0.29, 0.717) is 12.0 Å². The maximum atomic E-state index is 11.3. The molecular formula is C20H29NO3. The molecule has 132 valence electrons. The highest BCUT2D eigenvalue weighted by atomic mass is 16.5. The minimum atomic E-state index is -0.937. The summed E-state index contributed by atoms with van der Waals surface area (Å²) in [6.45, 7) is 3.81. The number of carbonyl (C=O) groups is 1. The summed E-state index contributed by atoms with van der Waals surface area (Å²) in [6, 6.07) is 8.71. The molecule has 3 aliphatic rings. The van der Waals surface area contributed by atoms with Crippen LogP contribution in [0.2, 0.25) is 0 Å². The Hall–Kier alpha value is -1.39. The molecule has 0 saturated heterocycles. The van der Waals surface area contributed by atoms with E-state index in [1.165, 1.54) is 44.1 Å². The van der Waals surface area contributed by atoms with Gasteiger partial charge in [-0.05, 0) is 68.9 Å². The Balaban J connectivity index is 1.66. The SMILES string of the molecule is COC12CCC(c3ccc(COC(C)(C)C(N)=O)cc3)(CC1)CC2. The smallest absolute Gasteiger partial charge is 0.249 e. The fourth-order valence-electron chi connectivity index (χ4n) is 4.18. The average Bonchev–Trinajstić information content (AvgIpc) is 2.62. The number of fused-ring (bicyclic) bond motifs is 3. The molecule has 0 aromatic heterocycles. The third kappa shape index (κ3) is 3.09. The van der Waals surface area contributed by atoms with E-state index in [1.807, 2.05) is 7.11 Å². The van der Waals surface area contributed by atoms with Gasteiger partial charge in [-0.1, -0.05) is 24.3 Å². The lowest BCUT2D eigenvalue weighted by molar-refractivity contribution is -0.140. The Morgan fingerprint density at radius 3 is 2.08 bits per heavy atom. The number of hydrogen-bond donors (Lipinski definition) is 1. The molecule has 4 rings (SSSR count). The average molecular weight is 331 g/mol. The summed E-state index contributed by atoms with van der Waals surface area (Å²) in [5.41, 5.74) is 7.39. The van der Waals surface area contributed by atoms with Gasteiger partial charge in [-0.15, -0.1) is 0 Å². The van der Waals surface area contributed by atoms with Crippen LogP contribution in [0, 0.1) is 0 Å². The van der Waals surface area contributed by atoms with Crippen LogP contribution in [0.1, 0.15) is 63.5 Å². The van der Waals surface area contributed by atoms with E-state index >= 15 is 0 Å². The number of benzene rings is 1. The first-order valence-corrected chi connectivity index (χ1v) is 8.89. The summed E-state index contributed by atoms with van der Waals surface area (Å²) in [7, 11) is 1.86. The molecule has 3 saturated carbocycles. The quantitative estimate of drug-likeness (QED) is 0.868. The number of rotatable bonds is 6. The predicted octanol–water partition coefficient (Wildman–Crippen LogP) is 3.46. The van der Waals surface area contributed by atoms with Crippen LogP contribution in [0.25, 0.3) is 0 Å². The van der Waals surface area contributed by atoms with Crippen LogP contribution in [0.3, 0.4) is 0 Å². The summed E-state index contributed by atoms with van der Waals surface area (Å²) in [4.78, 5) is 11.3. The van der Waals surface area contributed by atoms with Gasteiger partial charge in [0.2, 0.25) is 5.91 Å². The number of nitrogens with two attached hydrogens (primary N) is 1. The van der Waals surface area contributed by atoms with Crippen LogP contribution >= 0.6 is 0 Å². The Morgan fingerprint density at radius 1 is 1.08 bits per heavy atom. The second kappa shape index (κ2) is 6.16. The maximum absolute atomic E-state index is 11.3. The summed E-state index contributed by atoms with van der Waals surface area (Å²) in [5.74, 6) is -0.441. The van der Waals surface area contributed by atoms with Gasteiger partial charge in [0.15, 0.2) is 0 Å². The van der Waals surface area contributed by atoms with Crippen LogP contribution in [0.5, 0.6) is 0 Å². The molecule has 4 nitrogen and oxygen atoms in total. The lowest BCUT2D eigenvalue weighted by Gasteiger charge is -2.53. The summed E-state index contributed by atoms with van der Waals surface area (Å²) < 4.78 is 11.5. The van der Waals surface area contributed by atoms with Crippen LogP contribution in [-0.4, -0.2) is 24.2 Å². The van der Waals surface area contributed by atoms with Crippen molar-refractivity contribution in [3.8, 4) is 0 Å². The molecule has 3 fully saturated rings. The van der Waals surface area contributed by atoms with Gasteiger partial charge in [0.05, 0.1) is 12.2 Å². The van der Waals surface area contributed by atoms with Crippen molar-refractivity contribution in [1.29, 1.82) is 0 Å². The fourth-order valence-corrected chi connectivity index (χ4v) is 4.18. The molecule has 4 heteroatoms. The zero-order chi connectivity index (χ0) is 17.4. The van der Waals surface area contributed by atoms with Gasteiger partial charge < -0.3 is 15.2 Å². The Morgan fingerprint density at radius 2 is 1.62 bits per heavy atom. The van der Waals surface area contributed by atoms with Crippen molar-refractivity contribution in [2.75, 3.05) is 7.11 Å². The van der Waals surface area contributed by atoms with Crippen molar-refractivity contribution in [2.24, 2.45) is 5.73 Å². The van der Waals surface area contributed by atoms with Gasteiger partial charge in [0.1, 0.15) is 5.60 Å². The van der Waals surface area contributed by atoms with Gasteiger partial charge in [0, 0.05) is 7.11 Å². The number of carbonyl (C=O) groups excluding carboxylic acids is 1. The fraction of sp³-hybridized carbons (Fsp3) is 0.650. The number of primary amides is 1. The van der Waals surface area contributed by atoms with Crippen molar-refractivity contribution < 1.29 is 14.3 Å². The summed E-state index contributed by atoms with van der Waals surface area (Å²) >= 11 is 0. The third-order valence-electron chi connectivity index (χ3n) is 6.37. The molecule has 1 aromatic carbocycles. The topological polar surface area (TPSA) is 61.6 Å². The first kappa shape index (κ1) is 17.4. The molecule has 0 radical (unpaired) electrons. The molecule has 3 aliphatic carbocycles. The highest BCUT2D eigenvalue weighted by molar-refractivity contribution is 5.82. The van der Waals surface area contributed by atoms with Gasteiger partial charge in [0.25, 0.3) is 0 Å². The highest BCUT2D eigenvalue weighted by Crippen LogP contribution is 2.54. The second-order valence-electron chi connectivity index (χ2n) is 8.03. The van der Waals surface area contributed by atoms with Gasteiger partial charge >= 0.3 is 0 Å². The van der Waals surface area contributed by atoms with Crippen molar-refractivity contribution in [2.45, 2.75) is 75.6 Å². The van der Waals surface area contributed by atoms with E-state index in [2.05, 4.69) is 24.3 Å². The van der Waals surface area contributed by atoms with Gasteiger partial charge in [-0.2, -0.15) is 0 Å². The van der Waals surface area contributed by atoms with Crippen LogP contribution in [0.4, 0.5) is 0 Å². The lowest BCUT2D eigenvalue weighted by atomic mass is 9.56. The van der Waals surface area contributed by atoms with E-state index in [0.717, 1.165) is 5.56 Å². The molecule has 2 N–H and O–H groups in total.